The van der Waals surface area contributed by atoms with E-state index < -0.39 is 0 Å². The molecule has 0 spiro atoms. The molecule has 18 heavy (non-hydrogen) atoms. The second-order valence-electron chi connectivity index (χ2n) is 3.75. The monoisotopic (exact) mass is 238 g/mol. The van der Waals surface area contributed by atoms with Gasteiger partial charge in [-0.3, -0.25) is 0 Å². The van der Waals surface area contributed by atoms with Gasteiger partial charge in [-0.2, -0.15) is 5.26 Å². The van der Waals surface area contributed by atoms with E-state index in [2.05, 4.69) is 6.07 Å². The summed E-state index contributed by atoms with van der Waals surface area (Å²) in [6.07, 6.45) is 0. The van der Waals surface area contributed by atoms with Gasteiger partial charge in [-0.15, -0.1) is 0 Å². The third-order valence-corrected chi connectivity index (χ3v) is 2.67. The van der Waals surface area contributed by atoms with Crippen LogP contribution in [0.3, 0.4) is 0 Å². The second-order valence-corrected chi connectivity index (χ2v) is 3.75. The number of benzene rings is 2. The van der Waals surface area contributed by atoms with E-state index in [1.54, 1.807) is 7.11 Å². The average Bonchev–Trinajstić information content (AvgIpc) is 2.46. The molecule has 0 saturated heterocycles. The van der Waals surface area contributed by atoms with Crippen LogP contribution in [0.4, 0.5) is 11.4 Å². The van der Waals surface area contributed by atoms with Crippen molar-refractivity contribution in [3.05, 3.63) is 54.6 Å². The molecule has 0 unspecified atom stereocenters. The van der Waals surface area contributed by atoms with Gasteiger partial charge in [-0.25, -0.2) is 0 Å². The number of nitrogens with zero attached hydrogens (tertiary/aromatic N) is 2. The van der Waals surface area contributed by atoms with Crippen molar-refractivity contribution in [1.29, 1.82) is 5.26 Å². The Bertz CT molecular complexity index is 546. The van der Waals surface area contributed by atoms with Gasteiger partial charge in [0, 0.05) is 5.69 Å². The van der Waals surface area contributed by atoms with Crippen LogP contribution in [0, 0.1) is 11.3 Å². The van der Waals surface area contributed by atoms with Crippen LogP contribution in [0.15, 0.2) is 54.6 Å². The van der Waals surface area contributed by atoms with Gasteiger partial charge >= 0.3 is 0 Å². The molecule has 2 rings (SSSR count). The molecule has 0 aliphatic rings. The zero-order valence-electron chi connectivity index (χ0n) is 10.2. The lowest BCUT2D eigenvalue weighted by molar-refractivity contribution is 0.415. The van der Waals surface area contributed by atoms with E-state index in [0.717, 1.165) is 17.1 Å². The fourth-order valence-corrected chi connectivity index (χ4v) is 1.85. The van der Waals surface area contributed by atoms with Gasteiger partial charge < -0.3 is 9.64 Å². The summed E-state index contributed by atoms with van der Waals surface area (Å²) in [7, 11) is 1.63. The van der Waals surface area contributed by atoms with Crippen molar-refractivity contribution >= 4 is 11.4 Å². The first-order valence-electron chi connectivity index (χ1n) is 5.69. The Morgan fingerprint density at radius 2 is 1.72 bits per heavy atom. The van der Waals surface area contributed by atoms with Crippen LogP contribution in [0.5, 0.6) is 5.75 Å². The molecule has 0 radical (unpaired) electrons. The van der Waals surface area contributed by atoms with Gasteiger partial charge in [0.2, 0.25) is 0 Å². The summed E-state index contributed by atoms with van der Waals surface area (Å²) < 4.78 is 5.34. The van der Waals surface area contributed by atoms with Crippen molar-refractivity contribution in [2.75, 3.05) is 18.6 Å². The van der Waals surface area contributed by atoms with Crippen molar-refractivity contribution in [2.24, 2.45) is 0 Å². The fourth-order valence-electron chi connectivity index (χ4n) is 1.85. The van der Waals surface area contributed by atoms with Gasteiger partial charge in [0.15, 0.2) is 0 Å². The largest absolute Gasteiger partial charge is 0.495 e. The van der Waals surface area contributed by atoms with Crippen LogP contribution < -0.4 is 9.64 Å². The molecular weight excluding hydrogens is 224 g/mol. The molecule has 0 aliphatic heterocycles. The van der Waals surface area contributed by atoms with E-state index in [-0.39, 0.29) is 6.54 Å². The van der Waals surface area contributed by atoms with Crippen LogP contribution in [0.1, 0.15) is 0 Å². The summed E-state index contributed by atoms with van der Waals surface area (Å²) in [6, 6.07) is 19.7. The number of methoxy groups -OCH3 is 1. The number of anilines is 2. The Kier molecular flexibility index (Phi) is 3.83. The van der Waals surface area contributed by atoms with Crippen molar-refractivity contribution in [3.8, 4) is 11.8 Å². The van der Waals surface area contributed by atoms with Crippen LogP contribution in [-0.2, 0) is 0 Å². The Labute approximate surface area is 107 Å². The van der Waals surface area contributed by atoms with E-state index in [4.69, 9.17) is 10.00 Å². The first kappa shape index (κ1) is 12.0. The molecule has 0 aromatic heterocycles. The minimum Gasteiger partial charge on any atom is -0.495 e. The molecule has 2 aromatic carbocycles. The third-order valence-electron chi connectivity index (χ3n) is 2.67. The maximum atomic E-state index is 8.99. The second kappa shape index (κ2) is 5.74. The zero-order valence-corrected chi connectivity index (χ0v) is 10.2. The third kappa shape index (κ3) is 2.44. The Balaban J connectivity index is 2.45. The molecule has 0 N–H and O–H groups in total. The summed E-state index contributed by atoms with van der Waals surface area (Å²) in [5, 5.41) is 8.99. The van der Waals surface area contributed by atoms with E-state index in [1.165, 1.54) is 0 Å². The van der Waals surface area contributed by atoms with Crippen molar-refractivity contribution in [1.82, 2.24) is 0 Å². The van der Waals surface area contributed by atoms with Crippen LogP contribution in [-0.4, -0.2) is 13.7 Å². The topological polar surface area (TPSA) is 36.3 Å². The van der Waals surface area contributed by atoms with E-state index in [1.807, 2.05) is 59.5 Å². The molecule has 0 bridgehead atoms. The molecule has 3 heteroatoms. The first-order valence-corrected chi connectivity index (χ1v) is 5.69. The minimum atomic E-state index is 0.282. The smallest absolute Gasteiger partial charge is 0.142 e. The highest BCUT2D eigenvalue weighted by Gasteiger charge is 2.12. The summed E-state index contributed by atoms with van der Waals surface area (Å²) >= 11 is 0. The molecule has 0 saturated carbocycles. The Morgan fingerprint density at radius 3 is 2.39 bits per heavy atom. The number of ether oxygens (including phenoxy) is 1. The Hall–Kier alpha value is -2.47. The van der Waals surface area contributed by atoms with Gasteiger partial charge in [-0.05, 0) is 24.3 Å². The van der Waals surface area contributed by atoms with Crippen LogP contribution >= 0.6 is 0 Å². The van der Waals surface area contributed by atoms with Crippen molar-refractivity contribution < 1.29 is 4.74 Å². The average molecular weight is 238 g/mol. The predicted molar refractivity (Wildman–Crippen MR) is 72.1 cm³/mol. The maximum absolute atomic E-state index is 8.99. The van der Waals surface area contributed by atoms with Gasteiger partial charge in [0.05, 0.1) is 18.9 Å². The molecule has 0 heterocycles. The number of para-hydroxylation sites is 3. The molecule has 0 amide bonds. The normalized spacial score (nSPS) is 9.56. The number of hydrogen-bond acceptors (Lipinski definition) is 3. The molecule has 0 atom stereocenters. The lowest BCUT2D eigenvalue weighted by Crippen LogP contribution is -2.17. The van der Waals surface area contributed by atoms with Crippen molar-refractivity contribution in [2.45, 2.75) is 0 Å². The van der Waals surface area contributed by atoms with Gasteiger partial charge in [0.1, 0.15) is 12.3 Å². The number of hydrogen-bond donors (Lipinski definition) is 0. The first-order chi connectivity index (χ1) is 8.86. The van der Waals surface area contributed by atoms with E-state index in [0.29, 0.717) is 0 Å². The van der Waals surface area contributed by atoms with E-state index >= 15 is 0 Å². The highest BCUT2D eigenvalue weighted by molar-refractivity contribution is 5.69. The standard InChI is InChI=1S/C15H14N2O/c1-18-15-10-6-5-9-14(15)17(12-11-16)13-7-3-2-4-8-13/h2-10H,12H2,1H3. The Morgan fingerprint density at radius 1 is 1.06 bits per heavy atom. The van der Waals surface area contributed by atoms with E-state index in [9.17, 15) is 0 Å². The zero-order chi connectivity index (χ0) is 12.8. The predicted octanol–water partition coefficient (Wildman–Crippen LogP) is 3.36. The lowest BCUT2D eigenvalue weighted by Gasteiger charge is -2.23. The van der Waals surface area contributed by atoms with Gasteiger partial charge in [-0.1, -0.05) is 30.3 Å². The van der Waals surface area contributed by atoms with Crippen molar-refractivity contribution in [3.63, 3.8) is 0 Å². The lowest BCUT2D eigenvalue weighted by atomic mass is 10.2. The molecule has 3 nitrogen and oxygen atoms in total. The quantitative estimate of drug-likeness (QED) is 0.766. The molecular formula is C15H14N2O. The molecule has 0 aliphatic carbocycles. The fraction of sp³-hybridized carbons (Fsp3) is 0.133. The van der Waals surface area contributed by atoms with Crippen LogP contribution in [0.2, 0.25) is 0 Å². The molecule has 2 aromatic rings. The number of rotatable bonds is 4. The molecule has 90 valence electrons. The summed E-state index contributed by atoms with van der Waals surface area (Å²) in [6.45, 7) is 0.282. The molecule has 0 fully saturated rings. The highest BCUT2D eigenvalue weighted by Crippen LogP contribution is 2.32. The summed E-state index contributed by atoms with van der Waals surface area (Å²) in [5.74, 6) is 0.761. The van der Waals surface area contributed by atoms with Gasteiger partial charge in [0.25, 0.3) is 0 Å². The highest BCUT2D eigenvalue weighted by atomic mass is 16.5. The summed E-state index contributed by atoms with van der Waals surface area (Å²) in [4.78, 5) is 1.93. The van der Waals surface area contributed by atoms with Crippen LogP contribution in [0.25, 0.3) is 0 Å². The SMILES string of the molecule is COc1ccccc1N(CC#N)c1ccccc1. The maximum Gasteiger partial charge on any atom is 0.142 e. The number of nitriles is 1. The minimum absolute atomic E-state index is 0.282. The summed E-state index contributed by atoms with van der Waals surface area (Å²) in [5.41, 5.74) is 1.87.